The molecule has 2 atom stereocenters. The Morgan fingerprint density at radius 3 is 2.53 bits per heavy atom. The van der Waals surface area contributed by atoms with Gasteiger partial charge in [-0.05, 0) is 31.5 Å². The van der Waals surface area contributed by atoms with Gasteiger partial charge in [-0.1, -0.05) is 22.0 Å². The van der Waals surface area contributed by atoms with Gasteiger partial charge in [0.25, 0.3) is 0 Å². The van der Waals surface area contributed by atoms with Crippen molar-refractivity contribution in [3.8, 4) is 0 Å². The lowest BCUT2D eigenvalue weighted by atomic mass is 10.1. The summed E-state index contributed by atoms with van der Waals surface area (Å²) in [7, 11) is 0. The molecule has 0 amide bonds. The van der Waals surface area contributed by atoms with E-state index < -0.39 is 0 Å². The van der Waals surface area contributed by atoms with Gasteiger partial charge >= 0.3 is 0 Å². The molecule has 2 N–H and O–H groups in total. The van der Waals surface area contributed by atoms with Crippen LogP contribution in [0, 0.1) is 0 Å². The number of anilines is 1. The lowest BCUT2D eigenvalue weighted by Gasteiger charge is -2.37. The summed E-state index contributed by atoms with van der Waals surface area (Å²) < 4.78 is 6.83. The molecule has 1 fully saturated rings. The van der Waals surface area contributed by atoms with E-state index in [1.165, 1.54) is 5.69 Å². The topological polar surface area (TPSA) is 38.5 Å². The molecule has 0 aliphatic carbocycles. The SMILES string of the molecule is CC1CN(c2ccc(CN)c(Br)c2)CC(C)O1. The third kappa shape index (κ3) is 3.00. The third-order valence-corrected chi connectivity index (χ3v) is 3.78. The van der Waals surface area contributed by atoms with Gasteiger partial charge in [0.05, 0.1) is 12.2 Å². The predicted octanol–water partition coefficient (Wildman–Crippen LogP) is 2.52. The zero-order valence-corrected chi connectivity index (χ0v) is 11.9. The molecule has 0 spiro atoms. The number of hydrogen-bond acceptors (Lipinski definition) is 3. The molecule has 0 bridgehead atoms. The van der Waals surface area contributed by atoms with Crippen molar-refractivity contribution in [2.75, 3.05) is 18.0 Å². The predicted molar refractivity (Wildman–Crippen MR) is 74.3 cm³/mol. The number of benzene rings is 1. The molecule has 17 heavy (non-hydrogen) atoms. The smallest absolute Gasteiger partial charge is 0.0726 e. The monoisotopic (exact) mass is 298 g/mol. The van der Waals surface area contributed by atoms with Crippen LogP contribution >= 0.6 is 15.9 Å². The normalized spacial score (nSPS) is 25.1. The van der Waals surface area contributed by atoms with Crippen molar-refractivity contribution >= 4 is 21.6 Å². The Morgan fingerprint density at radius 2 is 2.00 bits per heavy atom. The maximum absolute atomic E-state index is 5.74. The molecule has 1 saturated heterocycles. The van der Waals surface area contributed by atoms with Crippen molar-refractivity contribution in [2.24, 2.45) is 5.73 Å². The molecule has 0 aromatic heterocycles. The number of nitrogens with zero attached hydrogens (tertiary/aromatic N) is 1. The first-order valence-electron chi connectivity index (χ1n) is 5.99. The molecular formula is C13H19BrN2O. The first-order valence-corrected chi connectivity index (χ1v) is 6.78. The summed E-state index contributed by atoms with van der Waals surface area (Å²) in [5.74, 6) is 0. The van der Waals surface area contributed by atoms with Crippen molar-refractivity contribution in [2.45, 2.75) is 32.6 Å². The number of nitrogens with two attached hydrogens (primary N) is 1. The van der Waals surface area contributed by atoms with E-state index in [4.69, 9.17) is 10.5 Å². The summed E-state index contributed by atoms with van der Waals surface area (Å²) in [5, 5.41) is 0. The Balaban J connectivity index is 2.19. The second-order valence-electron chi connectivity index (χ2n) is 4.64. The molecule has 0 radical (unpaired) electrons. The summed E-state index contributed by atoms with van der Waals surface area (Å²) in [6, 6.07) is 6.37. The molecule has 1 heterocycles. The van der Waals surface area contributed by atoms with Crippen LogP contribution in [0.25, 0.3) is 0 Å². The van der Waals surface area contributed by atoms with E-state index in [0.717, 1.165) is 23.1 Å². The summed E-state index contributed by atoms with van der Waals surface area (Å²) in [5.41, 5.74) is 8.03. The van der Waals surface area contributed by atoms with Gasteiger partial charge in [-0.15, -0.1) is 0 Å². The van der Waals surface area contributed by atoms with Gasteiger partial charge in [0, 0.05) is 29.8 Å². The van der Waals surface area contributed by atoms with Crippen LogP contribution in [0.15, 0.2) is 22.7 Å². The maximum Gasteiger partial charge on any atom is 0.0726 e. The van der Waals surface area contributed by atoms with Crippen LogP contribution in [-0.4, -0.2) is 25.3 Å². The van der Waals surface area contributed by atoms with Gasteiger partial charge < -0.3 is 15.4 Å². The molecule has 2 unspecified atom stereocenters. The van der Waals surface area contributed by atoms with Gasteiger partial charge in [-0.25, -0.2) is 0 Å². The van der Waals surface area contributed by atoms with E-state index in [1.54, 1.807) is 0 Å². The Labute approximate surface area is 111 Å². The molecule has 4 heteroatoms. The fourth-order valence-corrected chi connectivity index (χ4v) is 2.82. The highest BCUT2D eigenvalue weighted by atomic mass is 79.9. The Morgan fingerprint density at radius 1 is 1.35 bits per heavy atom. The maximum atomic E-state index is 5.74. The highest BCUT2D eigenvalue weighted by molar-refractivity contribution is 9.10. The lowest BCUT2D eigenvalue weighted by Crippen LogP contribution is -2.45. The quantitative estimate of drug-likeness (QED) is 0.912. The highest BCUT2D eigenvalue weighted by Gasteiger charge is 2.22. The molecule has 2 rings (SSSR count). The standard InChI is InChI=1S/C13H19BrN2O/c1-9-7-16(8-10(2)17-9)12-4-3-11(6-15)13(14)5-12/h3-5,9-10H,6-8,15H2,1-2H3. The molecule has 1 aromatic rings. The lowest BCUT2D eigenvalue weighted by molar-refractivity contribution is -0.00521. The minimum absolute atomic E-state index is 0.284. The van der Waals surface area contributed by atoms with Crippen molar-refractivity contribution in [3.63, 3.8) is 0 Å². The molecule has 1 aliphatic rings. The summed E-state index contributed by atoms with van der Waals surface area (Å²) in [4.78, 5) is 2.36. The minimum Gasteiger partial charge on any atom is -0.372 e. The van der Waals surface area contributed by atoms with Crippen LogP contribution in [0.1, 0.15) is 19.4 Å². The van der Waals surface area contributed by atoms with Crippen molar-refractivity contribution in [1.29, 1.82) is 0 Å². The number of halogens is 1. The average Bonchev–Trinajstić information content (AvgIpc) is 2.27. The number of ether oxygens (including phenoxy) is 1. The highest BCUT2D eigenvalue weighted by Crippen LogP contribution is 2.26. The van der Waals surface area contributed by atoms with Crippen LogP contribution in [0.5, 0.6) is 0 Å². The van der Waals surface area contributed by atoms with E-state index >= 15 is 0 Å². The van der Waals surface area contributed by atoms with Gasteiger partial charge in [0.15, 0.2) is 0 Å². The van der Waals surface area contributed by atoms with Gasteiger partial charge in [-0.3, -0.25) is 0 Å². The minimum atomic E-state index is 0.284. The van der Waals surface area contributed by atoms with Crippen LogP contribution in [0.2, 0.25) is 0 Å². The molecule has 1 aromatic carbocycles. The first-order chi connectivity index (χ1) is 8.10. The summed E-state index contributed by atoms with van der Waals surface area (Å²) in [6.07, 6.45) is 0.568. The van der Waals surface area contributed by atoms with E-state index in [-0.39, 0.29) is 12.2 Å². The Kier molecular flexibility index (Phi) is 4.07. The molecule has 0 saturated carbocycles. The molecule has 3 nitrogen and oxygen atoms in total. The molecule has 94 valence electrons. The summed E-state index contributed by atoms with van der Waals surface area (Å²) in [6.45, 7) is 6.69. The Bertz CT molecular complexity index is 387. The van der Waals surface area contributed by atoms with Crippen molar-refractivity contribution < 1.29 is 4.74 Å². The molecule has 1 aliphatic heterocycles. The van der Waals surface area contributed by atoms with E-state index in [1.807, 2.05) is 0 Å². The first kappa shape index (κ1) is 12.9. The Hall–Kier alpha value is -0.580. The fraction of sp³-hybridized carbons (Fsp3) is 0.538. The van der Waals surface area contributed by atoms with Crippen molar-refractivity contribution in [3.05, 3.63) is 28.2 Å². The fourth-order valence-electron chi connectivity index (χ4n) is 2.29. The van der Waals surface area contributed by atoms with Crippen LogP contribution in [0.4, 0.5) is 5.69 Å². The van der Waals surface area contributed by atoms with Gasteiger partial charge in [0.1, 0.15) is 0 Å². The number of hydrogen-bond donors (Lipinski definition) is 1. The number of morpholine rings is 1. The second-order valence-corrected chi connectivity index (χ2v) is 5.50. The van der Waals surface area contributed by atoms with Gasteiger partial charge in [0.2, 0.25) is 0 Å². The van der Waals surface area contributed by atoms with E-state index in [9.17, 15) is 0 Å². The number of rotatable bonds is 2. The van der Waals surface area contributed by atoms with Crippen LogP contribution in [-0.2, 0) is 11.3 Å². The van der Waals surface area contributed by atoms with Crippen LogP contribution < -0.4 is 10.6 Å². The second kappa shape index (κ2) is 5.38. The van der Waals surface area contributed by atoms with Gasteiger partial charge in [-0.2, -0.15) is 0 Å². The van der Waals surface area contributed by atoms with E-state index in [2.05, 4.69) is 52.9 Å². The van der Waals surface area contributed by atoms with Crippen LogP contribution in [0.3, 0.4) is 0 Å². The largest absolute Gasteiger partial charge is 0.372 e. The zero-order valence-electron chi connectivity index (χ0n) is 10.3. The van der Waals surface area contributed by atoms with Crippen molar-refractivity contribution in [1.82, 2.24) is 0 Å². The third-order valence-electron chi connectivity index (χ3n) is 3.04. The zero-order chi connectivity index (χ0) is 12.4. The molecular weight excluding hydrogens is 280 g/mol. The van der Waals surface area contributed by atoms with E-state index in [0.29, 0.717) is 6.54 Å². The average molecular weight is 299 g/mol. The summed E-state index contributed by atoms with van der Waals surface area (Å²) >= 11 is 3.57.